The molecule has 0 amide bonds. The van der Waals surface area contributed by atoms with E-state index in [1.165, 1.54) is 0 Å². The van der Waals surface area contributed by atoms with E-state index in [0.29, 0.717) is 11.0 Å². The summed E-state index contributed by atoms with van der Waals surface area (Å²) in [4.78, 5) is 3.80. The van der Waals surface area contributed by atoms with Crippen LogP contribution in [0.2, 0.25) is 5.02 Å². The van der Waals surface area contributed by atoms with Crippen LogP contribution in [-0.4, -0.2) is 4.98 Å². The number of alkyl halides is 3. The molecule has 6 heteroatoms. The first kappa shape index (κ1) is 10.7. The lowest BCUT2D eigenvalue weighted by atomic mass is 10.2. The van der Waals surface area contributed by atoms with Crippen molar-refractivity contribution in [2.45, 2.75) is 11.8 Å². The average molecular weight is 271 g/mol. The Balaban J connectivity index is 3.27. The second-order valence-electron chi connectivity index (χ2n) is 2.33. The molecule has 0 unspecified atom stereocenters. The molecular formula is C7H6BrClF2N2. The highest BCUT2D eigenvalue weighted by Crippen LogP contribution is 2.31. The SMILES string of the molecule is Nc1cc(C(F)F)c(Cl)c(CBr)n1. The lowest BCUT2D eigenvalue weighted by molar-refractivity contribution is 0.151. The van der Waals surface area contributed by atoms with E-state index in [4.69, 9.17) is 17.3 Å². The standard InChI is InChI=1S/C7H6BrClF2N2/c8-2-4-6(9)3(7(10)11)1-5(12)13-4/h1,7H,2H2,(H2,12,13). The summed E-state index contributed by atoms with van der Waals surface area (Å²) in [7, 11) is 0. The third-order valence-electron chi connectivity index (χ3n) is 1.44. The molecule has 1 aromatic heterocycles. The van der Waals surface area contributed by atoms with Gasteiger partial charge in [-0.25, -0.2) is 13.8 Å². The van der Waals surface area contributed by atoms with Crippen LogP contribution < -0.4 is 5.73 Å². The van der Waals surface area contributed by atoms with Crippen molar-refractivity contribution in [3.05, 3.63) is 22.3 Å². The second kappa shape index (κ2) is 4.19. The summed E-state index contributed by atoms with van der Waals surface area (Å²) in [5, 5.41) is 0.275. The van der Waals surface area contributed by atoms with Gasteiger partial charge in [-0.1, -0.05) is 27.5 Å². The van der Waals surface area contributed by atoms with Crippen molar-refractivity contribution < 1.29 is 8.78 Å². The molecule has 0 aliphatic rings. The molecule has 0 aromatic carbocycles. The van der Waals surface area contributed by atoms with Gasteiger partial charge in [0.15, 0.2) is 0 Å². The van der Waals surface area contributed by atoms with E-state index in [1.54, 1.807) is 0 Å². The van der Waals surface area contributed by atoms with Gasteiger partial charge in [0, 0.05) is 10.9 Å². The third kappa shape index (κ3) is 2.28. The summed E-state index contributed by atoms with van der Waals surface area (Å²) in [6.07, 6.45) is -2.63. The fourth-order valence-corrected chi connectivity index (χ4v) is 1.69. The van der Waals surface area contributed by atoms with E-state index in [9.17, 15) is 8.78 Å². The maximum atomic E-state index is 12.3. The molecule has 0 bridgehead atoms. The van der Waals surface area contributed by atoms with Crippen molar-refractivity contribution in [1.82, 2.24) is 4.98 Å². The zero-order chi connectivity index (χ0) is 10.0. The first-order valence-electron chi connectivity index (χ1n) is 3.35. The Bertz CT molecular complexity index is 320. The molecule has 72 valence electrons. The zero-order valence-electron chi connectivity index (χ0n) is 6.40. The topological polar surface area (TPSA) is 38.9 Å². The molecule has 1 rings (SSSR count). The van der Waals surface area contributed by atoms with Crippen LogP contribution in [0.15, 0.2) is 6.07 Å². The molecule has 0 atom stereocenters. The van der Waals surface area contributed by atoms with Gasteiger partial charge in [-0.2, -0.15) is 0 Å². The monoisotopic (exact) mass is 270 g/mol. The van der Waals surface area contributed by atoms with Crippen LogP contribution >= 0.6 is 27.5 Å². The van der Waals surface area contributed by atoms with Gasteiger partial charge in [-0.05, 0) is 6.07 Å². The molecule has 1 aromatic rings. The maximum Gasteiger partial charge on any atom is 0.265 e. The maximum absolute atomic E-state index is 12.3. The van der Waals surface area contributed by atoms with Crippen LogP contribution in [0.25, 0.3) is 0 Å². The lowest BCUT2D eigenvalue weighted by Crippen LogP contribution is -1.99. The van der Waals surface area contributed by atoms with Crippen molar-refractivity contribution in [2.24, 2.45) is 0 Å². The van der Waals surface area contributed by atoms with Crippen molar-refractivity contribution >= 4 is 33.3 Å². The predicted octanol–water partition coefficient (Wildman–Crippen LogP) is 3.15. The molecule has 0 fully saturated rings. The number of hydrogen-bond donors (Lipinski definition) is 1. The van der Waals surface area contributed by atoms with Crippen LogP contribution in [0.4, 0.5) is 14.6 Å². The average Bonchev–Trinajstić information content (AvgIpc) is 2.08. The van der Waals surface area contributed by atoms with Gasteiger partial charge in [-0.3, -0.25) is 0 Å². The quantitative estimate of drug-likeness (QED) is 0.839. The normalized spacial score (nSPS) is 10.8. The number of nitrogens with two attached hydrogens (primary N) is 1. The van der Waals surface area contributed by atoms with E-state index in [2.05, 4.69) is 20.9 Å². The molecule has 0 aliphatic carbocycles. The van der Waals surface area contributed by atoms with Crippen LogP contribution in [0, 0.1) is 0 Å². The van der Waals surface area contributed by atoms with Gasteiger partial charge < -0.3 is 5.73 Å². The molecule has 1 heterocycles. The number of hydrogen-bond acceptors (Lipinski definition) is 2. The first-order chi connectivity index (χ1) is 6.06. The van der Waals surface area contributed by atoms with Crippen LogP contribution in [0.5, 0.6) is 0 Å². The molecular weight excluding hydrogens is 265 g/mol. The summed E-state index contributed by atoms with van der Waals surface area (Å²) < 4.78 is 24.7. The Morgan fingerprint density at radius 3 is 2.69 bits per heavy atom. The summed E-state index contributed by atoms with van der Waals surface area (Å²) >= 11 is 8.73. The van der Waals surface area contributed by atoms with Gasteiger partial charge in [-0.15, -0.1) is 0 Å². The Morgan fingerprint density at radius 1 is 1.62 bits per heavy atom. The Kier molecular flexibility index (Phi) is 3.44. The van der Waals surface area contributed by atoms with Gasteiger partial charge in [0.2, 0.25) is 0 Å². The second-order valence-corrected chi connectivity index (χ2v) is 3.27. The molecule has 0 saturated carbocycles. The minimum Gasteiger partial charge on any atom is -0.384 e. The fraction of sp³-hybridized carbons (Fsp3) is 0.286. The van der Waals surface area contributed by atoms with Crippen molar-refractivity contribution in [3.8, 4) is 0 Å². The first-order valence-corrected chi connectivity index (χ1v) is 4.85. The van der Waals surface area contributed by atoms with E-state index >= 15 is 0 Å². The van der Waals surface area contributed by atoms with E-state index in [1.807, 2.05) is 0 Å². The molecule has 0 radical (unpaired) electrons. The molecule has 0 spiro atoms. The number of pyridine rings is 1. The van der Waals surface area contributed by atoms with Gasteiger partial charge in [0.1, 0.15) is 5.82 Å². The van der Waals surface area contributed by atoms with E-state index < -0.39 is 6.43 Å². The molecule has 0 aliphatic heterocycles. The number of halogens is 4. The highest BCUT2D eigenvalue weighted by Gasteiger charge is 2.16. The highest BCUT2D eigenvalue weighted by atomic mass is 79.9. The molecule has 2 nitrogen and oxygen atoms in total. The summed E-state index contributed by atoms with van der Waals surface area (Å²) in [5.74, 6) is 0.0501. The van der Waals surface area contributed by atoms with Crippen molar-refractivity contribution in [3.63, 3.8) is 0 Å². The molecule has 0 saturated heterocycles. The minimum atomic E-state index is -2.63. The van der Waals surface area contributed by atoms with Gasteiger partial charge >= 0.3 is 0 Å². The smallest absolute Gasteiger partial charge is 0.265 e. The zero-order valence-corrected chi connectivity index (χ0v) is 8.74. The summed E-state index contributed by atoms with van der Waals surface area (Å²) in [5.41, 5.74) is 5.37. The molecule has 2 N–H and O–H groups in total. The highest BCUT2D eigenvalue weighted by molar-refractivity contribution is 9.08. The Labute approximate surface area is 87.2 Å². The summed E-state index contributed by atoms with van der Waals surface area (Å²) in [6.45, 7) is 0. The number of nitrogen functional groups attached to an aromatic ring is 1. The predicted molar refractivity (Wildman–Crippen MR) is 51.2 cm³/mol. The number of anilines is 1. The van der Waals surface area contributed by atoms with Gasteiger partial charge in [0.05, 0.1) is 10.7 Å². The minimum absolute atomic E-state index is 0.0268. The number of nitrogens with zero attached hydrogens (tertiary/aromatic N) is 1. The number of rotatable bonds is 2. The van der Waals surface area contributed by atoms with Crippen molar-refractivity contribution in [2.75, 3.05) is 5.73 Å². The number of aromatic nitrogens is 1. The van der Waals surface area contributed by atoms with E-state index in [0.717, 1.165) is 6.07 Å². The largest absolute Gasteiger partial charge is 0.384 e. The van der Waals surface area contributed by atoms with Crippen LogP contribution in [-0.2, 0) is 5.33 Å². The van der Waals surface area contributed by atoms with Crippen molar-refractivity contribution in [1.29, 1.82) is 0 Å². The van der Waals surface area contributed by atoms with Crippen LogP contribution in [0.1, 0.15) is 17.7 Å². The fourth-order valence-electron chi connectivity index (χ4n) is 0.874. The third-order valence-corrected chi connectivity index (χ3v) is 2.40. The summed E-state index contributed by atoms with van der Waals surface area (Å²) in [6, 6.07) is 1.08. The van der Waals surface area contributed by atoms with Gasteiger partial charge in [0.25, 0.3) is 6.43 Å². The van der Waals surface area contributed by atoms with E-state index in [-0.39, 0.29) is 16.4 Å². The van der Waals surface area contributed by atoms with Crippen LogP contribution in [0.3, 0.4) is 0 Å². The molecule has 13 heavy (non-hydrogen) atoms. The Hall–Kier alpha value is -0.420. The Morgan fingerprint density at radius 2 is 2.23 bits per heavy atom. The lowest BCUT2D eigenvalue weighted by Gasteiger charge is -2.07.